The standard InChI is InChI=1S/C13H14BrFN2/c1-9-16-13(14)12(17(9)2)7-6-10-4-3-5-11(15)8-10/h3-5,8H,6-7H2,1-2H3. The number of halogens is 2. The molecule has 0 bridgehead atoms. The van der Waals surface area contributed by atoms with E-state index in [-0.39, 0.29) is 5.82 Å². The third-order valence-electron chi connectivity index (χ3n) is 2.93. The lowest BCUT2D eigenvalue weighted by atomic mass is 10.1. The van der Waals surface area contributed by atoms with E-state index in [9.17, 15) is 4.39 Å². The van der Waals surface area contributed by atoms with E-state index in [1.54, 1.807) is 12.1 Å². The van der Waals surface area contributed by atoms with E-state index in [4.69, 9.17) is 0 Å². The van der Waals surface area contributed by atoms with Crippen LogP contribution in [-0.4, -0.2) is 9.55 Å². The Labute approximate surface area is 109 Å². The second-order valence-corrected chi connectivity index (χ2v) is 4.84. The van der Waals surface area contributed by atoms with Gasteiger partial charge < -0.3 is 4.57 Å². The van der Waals surface area contributed by atoms with Gasteiger partial charge in [-0.2, -0.15) is 0 Å². The van der Waals surface area contributed by atoms with Gasteiger partial charge in [0.25, 0.3) is 0 Å². The zero-order valence-corrected chi connectivity index (χ0v) is 11.5. The Bertz CT molecular complexity index is 534. The predicted molar refractivity (Wildman–Crippen MR) is 69.5 cm³/mol. The first-order chi connectivity index (χ1) is 8.08. The van der Waals surface area contributed by atoms with Crippen LogP contribution in [0.15, 0.2) is 28.9 Å². The Hall–Kier alpha value is -1.16. The molecule has 0 saturated heterocycles. The molecule has 0 atom stereocenters. The fraction of sp³-hybridized carbons (Fsp3) is 0.308. The van der Waals surface area contributed by atoms with E-state index in [2.05, 4.69) is 25.5 Å². The summed E-state index contributed by atoms with van der Waals surface area (Å²) in [5, 5.41) is 0. The van der Waals surface area contributed by atoms with Crippen LogP contribution < -0.4 is 0 Å². The van der Waals surface area contributed by atoms with Crippen molar-refractivity contribution in [2.45, 2.75) is 19.8 Å². The minimum absolute atomic E-state index is 0.178. The second-order valence-electron chi connectivity index (χ2n) is 4.09. The quantitative estimate of drug-likeness (QED) is 0.849. The maximum Gasteiger partial charge on any atom is 0.127 e. The van der Waals surface area contributed by atoms with Crippen LogP contribution in [0.1, 0.15) is 17.1 Å². The van der Waals surface area contributed by atoms with Gasteiger partial charge in [0.05, 0.1) is 5.69 Å². The molecule has 0 spiro atoms. The third kappa shape index (κ3) is 2.75. The maximum absolute atomic E-state index is 13.0. The molecule has 0 saturated carbocycles. The number of aryl methyl sites for hydroxylation is 2. The average molecular weight is 297 g/mol. The summed E-state index contributed by atoms with van der Waals surface area (Å²) in [6.07, 6.45) is 1.66. The molecule has 2 aromatic rings. The van der Waals surface area contributed by atoms with Crippen LogP contribution in [0, 0.1) is 12.7 Å². The van der Waals surface area contributed by atoms with Crippen LogP contribution in [0.5, 0.6) is 0 Å². The summed E-state index contributed by atoms with van der Waals surface area (Å²) in [4.78, 5) is 4.35. The molecule has 4 heteroatoms. The fourth-order valence-electron chi connectivity index (χ4n) is 1.84. The molecular formula is C13H14BrFN2. The van der Waals surface area contributed by atoms with Crippen LogP contribution in [0.4, 0.5) is 4.39 Å². The average Bonchev–Trinajstić information content (AvgIpc) is 2.51. The highest BCUT2D eigenvalue weighted by Gasteiger charge is 2.09. The van der Waals surface area contributed by atoms with Gasteiger partial charge in [0.1, 0.15) is 16.2 Å². The molecule has 90 valence electrons. The molecule has 17 heavy (non-hydrogen) atoms. The molecular weight excluding hydrogens is 283 g/mol. The lowest BCUT2D eigenvalue weighted by Gasteiger charge is -2.05. The predicted octanol–water partition coefficient (Wildman–Crippen LogP) is 3.42. The monoisotopic (exact) mass is 296 g/mol. The topological polar surface area (TPSA) is 17.8 Å². The highest BCUT2D eigenvalue weighted by molar-refractivity contribution is 9.10. The van der Waals surface area contributed by atoms with Gasteiger partial charge in [0.15, 0.2) is 0 Å². The molecule has 2 rings (SSSR count). The highest BCUT2D eigenvalue weighted by Crippen LogP contribution is 2.18. The molecule has 0 aliphatic heterocycles. The zero-order valence-electron chi connectivity index (χ0n) is 9.87. The summed E-state index contributed by atoms with van der Waals surface area (Å²) in [7, 11) is 1.99. The van der Waals surface area contributed by atoms with Crippen molar-refractivity contribution in [3.05, 3.63) is 51.8 Å². The molecule has 0 fully saturated rings. The number of nitrogens with zero attached hydrogens (tertiary/aromatic N) is 2. The lowest BCUT2D eigenvalue weighted by Crippen LogP contribution is -2.01. The van der Waals surface area contributed by atoms with Crippen molar-refractivity contribution < 1.29 is 4.39 Å². The molecule has 0 unspecified atom stereocenters. The second kappa shape index (κ2) is 5.00. The SMILES string of the molecule is Cc1nc(Br)c(CCc2cccc(F)c2)n1C. The van der Waals surface area contributed by atoms with E-state index >= 15 is 0 Å². The van der Waals surface area contributed by atoms with Gasteiger partial charge in [-0.25, -0.2) is 9.37 Å². The van der Waals surface area contributed by atoms with Crippen LogP contribution >= 0.6 is 15.9 Å². The summed E-state index contributed by atoms with van der Waals surface area (Å²) >= 11 is 3.45. The number of hydrogen-bond donors (Lipinski definition) is 0. The van der Waals surface area contributed by atoms with Crippen molar-refractivity contribution in [3.8, 4) is 0 Å². The van der Waals surface area contributed by atoms with E-state index in [1.807, 2.05) is 20.0 Å². The van der Waals surface area contributed by atoms with Gasteiger partial charge in [-0.15, -0.1) is 0 Å². The summed E-state index contributed by atoms with van der Waals surface area (Å²) in [5.74, 6) is 0.800. The molecule has 0 amide bonds. The van der Waals surface area contributed by atoms with E-state index in [0.717, 1.165) is 34.5 Å². The van der Waals surface area contributed by atoms with Gasteiger partial charge >= 0.3 is 0 Å². The lowest BCUT2D eigenvalue weighted by molar-refractivity contribution is 0.625. The molecule has 0 radical (unpaired) electrons. The Balaban J connectivity index is 2.12. The number of imidazole rings is 1. The number of aromatic nitrogens is 2. The minimum atomic E-state index is -0.178. The summed E-state index contributed by atoms with van der Waals surface area (Å²) in [6.45, 7) is 1.97. The fourth-order valence-corrected chi connectivity index (χ4v) is 2.56. The van der Waals surface area contributed by atoms with Gasteiger partial charge in [-0.3, -0.25) is 0 Å². The minimum Gasteiger partial charge on any atom is -0.334 e. The maximum atomic E-state index is 13.0. The molecule has 0 aliphatic rings. The highest BCUT2D eigenvalue weighted by atomic mass is 79.9. The summed E-state index contributed by atoms with van der Waals surface area (Å²) in [6, 6.07) is 6.74. The molecule has 2 nitrogen and oxygen atoms in total. The molecule has 1 heterocycles. The van der Waals surface area contributed by atoms with Crippen LogP contribution in [0.25, 0.3) is 0 Å². The number of rotatable bonds is 3. The van der Waals surface area contributed by atoms with Gasteiger partial charge in [0.2, 0.25) is 0 Å². The van der Waals surface area contributed by atoms with E-state index < -0.39 is 0 Å². The summed E-state index contributed by atoms with van der Waals surface area (Å²) < 4.78 is 16.0. The van der Waals surface area contributed by atoms with E-state index in [1.165, 1.54) is 6.07 Å². The number of benzene rings is 1. The Kier molecular flexibility index (Phi) is 3.62. The Morgan fingerprint density at radius 2 is 2.12 bits per heavy atom. The largest absolute Gasteiger partial charge is 0.334 e. The smallest absolute Gasteiger partial charge is 0.127 e. The van der Waals surface area contributed by atoms with Crippen molar-refractivity contribution in [2.75, 3.05) is 0 Å². The van der Waals surface area contributed by atoms with Crippen molar-refractivity contribution in [2.24, 2.45) is 7.05 Å². The van der Waals surface area contributed by atoms with Gasteiger partial charge in [0, 0.05) is 7.05 Å². The molecule has 1 aromatic heterocycles. The number of hydrogen-bond acceptors (Lipinski definition) is 1. The Morgan fingerprint density at radius 3 is 2.71 bits per heavy atom. The Morgan fingerprint density at radius 1 is 1.35 bits per heavy atom. The first-order valence-corrected chi connectivity index (χ1v) is 6.29. The van der Waals surface area contributed by atoms with Crippen LogP contribution in [0.3, 0.4) is 0 Å². The van der Waals surface area contributed by atoms with Crippen molar-refractivity contribution in [1.29, 1.82) is 0 Å². The normalized spacial score (nSPS) is 10.8. The molecule has 0 aliphatic carbocycles. The van der Waals surface area contributed by atoms with Crippen molar-refractivity contribution in [1.82, 2.24) is 9.55 Å². The third-order valence-corrected chi connectivity index (χ3v) is 3.56. The zero-order chi connectivity index (χ0) is 12.4. The summed E-state index contributed by atoms with van der Waals surface area (Å²) in [5.41, 5.74) is 2.16. The first-order valence-electron chi connectivity index (χ1n) is 5.50. The van der Waals surface area contributed by atoms with Crippen molar-refractivity contribution >= 4 is 15.9 Å². The van der Waals surface area contributed by atoms with E-state index in [0.29, 0.717) is 0 Å². The van der Waals surface area contributed by atoms with Crippen LogP contribution in [-0.2, 0) is 19.9 Å². The van der Waals surface area contributed by atoms with Gasteiger partial charge in [-0.1, -0.05) is 12.1 Å². The molecule has 0 N–H and O–H groups in total. The first kappa shape index (κ1) is 12.3. The van der Waals surface area contributed by atoms with Crippen LogP contribution in [0.2, 0.25) is 0 Å². The van der Waals surface area contributed by atoms with Crippen molar-refractivity contribution in [3.63, 3.8) is 0 Å². The van der Waals surface area contributed by atoms with Gasteiger partial charge in [-0.05, 0) is 53.4 Å². The molecule has 1 aromatic carbocycles.